The highest BCUT2D eigenvalue weighted by atomic mass is 19.2. The highest BCUT2D eigenvalue weighted by Crippen LogP contribution is 2.34. The Morgan fingerprint density at radius 1 is 1.14 bits per heavy atom. The van der Waals surface area contributed by atoms with E-state index in [2.05, 4.69) is 10.3 Å². The first-order chi connectivity index (χ1) is 16.9. The minimum absolute atomic E-state index is 0.000711. The molecule has 1 N–H and O–H groups in total. The van der Waals surface area contributed by atoms with Crippen molar-refractivity contribution in [2.45, 2.75) is 25.4 Å². The van der Waals surface area contributed by atoms with Crippen molar-refractivity contribution in [1.29, 1.82) is 0 Å². The lowest BCUT2D eigenvalue weighted by Crippen LogP contribution is -2.38. The third-order valence-electron chi connectivity index (χ3n) is 5.48. The lowest BCUT2D eigenvalue weighted by molar-refractivity contribution is -0.121. The van der Waals surface area contributed by atoms with E-state index in [1.807, 2.05) is 0 Å². The number of anilines is 1. The molecule has 2 amide bonds. The number of fused-ring (bicyclic) bond motifs is 1. The Hall–Kier alpha value is -4.28. The van der Waals surface area contributed by atoms with Crippen molar-refractivity contribution in [2.24, 2.45) is 0 Å². The molecule has 1 aromatic heterocycles. The first-order valence-corrected chi connectivity index (χ1v) is 10.8. The number of Topliss-reactive ketones (excluding diaryl/α,β-unsaturated/α-hetero) is 1. The maximum atomic E-state index is 13.4. The standard InChI is InChI=1S/C24H19F2N3O6/c25-16-5-4-15(8-17(16)26)33-11-20(30)13-1-6-21-19(7-13)29(23(31)12-34-21)9-22-28-18(10-35-22)24(32)27-14-2-3-14/h1,4-8,10,14H,2-3,9,11-12H2,(H,27,32). The van der Waals surface area contributed by atoms with Crippen LogP contribution in [0, 0.1) is 11.6 Å². The van der Waals surface area contributed by atoms with Gasteiger partial charge in [0.05, 0.1) is 5.69 Å². The molecule has 0 unspecified atom stereocenters. The van der Waals surface area contributed by atoms with Crippen LogP contribution in [0.1, 0.15) is 39.6 Å². The van der Waals surface area contributed by atoms with E-state index in [9.17, 15) is 23.2 Å². The summed E-state index contributed by atoms with van der Waals surface area (Å²) in [6.07, 6.45) is 3.10. The van der Waals surface area contributed by atoms with Gasteiger partial charge in [-0.25, -0.2) is 13.8 Å². The summed E-state index contributed by atoms with van der Waals surface area (Å²) in [7, 11) is 0. The molecule has 0 atom stereocenters. The van der Waals surface area contributed by atoms with E-state index in [-0.39, 0.29) is 53.9 Å². The van der Waals surface area contributed by atoms with Gasteiger partial charge in [-0.2, -0.15) is 0 Å². The van der Waals surface area contributed by atoms with Crippen LogP contribution in [0.3, 0.4) is 0 Å². The molecule has 9 nitrogen and oxygen atoms in total. The summed E-state index contributed by atoms with van der Waals surface area (Å²) in [5.74, 6) is -2.77. The zero-order valence-electron chi connectivity index (χ0n) is 18.3. The van der Waals surface area contributed by atoms with E-state index in [4.69, 9.17) is 13.9 Å². The molecular formula is C24H19F2N3O6. The number of aromatic nitrogens is 1. The van der Waals surface area contributed by atoms with Gasteiger partial charge in [-0.15, -0.1) is 0 Å². The number of rotatable bonds is 8. The Labute approximate surface area is 197 Å². The molecule has 0 bridgehead atoms. The predicted octanol–water partition coefficient (Wildman–Crippen LogP) is 3.03. The van der Waals surface area contributed by atoms with Crippen molar-refractivity contribution in [3.8, 4) is 11.5 Å². The van der Waals surface area contributed by atoms with Gasteiger partial charge in [0, 0.05) is 17.7 Å². The molecule has 1 aliphatic carbocycles. The number of nitrogens with zero attached hydrogens (tertiary/aromatic N) is 2. The first-order valence-electron chi connectivity index (χ1n) is 10.8. The van der Waals surface area contributed by atoms with Crippen LogP contribution in [-0.2, 0) is 11.3 Å². The van der Waals surface area contributed by atoms with Gasteiger partial charge in [-0.1, -0.05) is 0 Å². The molecule has 0 radical (unpaired) electrons. The molecule has 2 aromatic carbocycles. The largest absolute Gasteiger partial charge is 0.485 e. The molecule has 0 saturated heterocycles. The number of hydrogen-bond donors (Lipinski definition) is 1. The minimum atomic E-state index is -1.09. The fourth-order valence-electron chi connectivity index (χ4n) is 3.46. The second-order valence-electron chi connectivity index (χ2n) is 8.11. The molecule has 11 heteroatoms. The summed E-state index contributed by atoms with van der Waals surface area (Å²) >= 11 is 0. The van der Waals surface area contributed by atoms with E-state index in [1.165, 1.54) is 29.4 Å². The molecule has 1 aliphatic heterocycles. The number of amides is 2. The Morgan fingerprint density at radius 3 is 2.74 bits per heavy atom. The lowest BCUT2D eigenvalue weighted by atomic mass is 10.1. The van der Waals surface area contributed by atoms with Gasteiger partial charge in [-0.05, 0) is 43.2 Å². The van der Waals surface area contributed by atoms with Gasteiger partial charge in [0.2, 0.25) is 5.89 Å². The van der Waals surface area contributed by atoms with Gasteiger partial charge < -0.3 is 19.2 Å². The Kier molecular flexibility index (Phi) is 5.89. The van der Waals surface area contributed by atoms with Gasteiger partial charge in [0.1, 0.15) is 24.3 Å². The van der Waals surface area contributed by atoms with Gasteiger partial charge >= 0.3 is 0 Å². The van der Waals surface area contributed by atoms with E-state index < -0.39 is 24.0 Å². The van der Waals surface area contributed by atoms with Crippen molar-refractivity contribution >= 4 is 23.3 Å². The fourth-order valence-corrected chi connectivity index (χ4v) is 3.46. The van der Waals surface area contributed by atoms with Gasteiger partial charge in [0.15, 0.2) is 36.3 Å². The lowest BCUT2D eigenvalue weighted by Gasteiger charge is -2.28. The minimum Gasteiger partial charge on any atom is -0.485 e. The van der Waals surface area contributed by atoms with Crippen LogP contribution in [0.5, 0.6) is 11.5 Å². The van der Waals surface area contributed by atoms with Crippen LogP contribution in [0.2, 0.25) is 0 Å². The Balaban J connectivity index is 1.30. The number of hydrogen-bond acceptors (Lipinski definition) is 7. The molecule has 180 valence electrons. The van der Waals surface area contributed by atoms with Crippen molar-refractivity contribution in [3.63, 3.8) is 0 Å². The number of carbonyl (C=O) groups excluding carboxylic acids is 3. The zero-order chi connectivity index (χ0) is 24.5. The quantitative estimate of drug-likeness (QED) is 0.491. The smallest absolute Gasteiger partial charge is 0.273 e. The number of nitrogens with one attached hydrogen (secondary N) is 1. The zero-order valence-corrected chi connectivity index (χ0v) is 18.3. The van der Waals surface area contributed by atoms with Crippen molar-refractivity contribution in [2.75, 3.05) is 18.1 Å². The van der Waals surface area contributed by atoms with Crippen LogP contribution in [0.4, 0.5) is 14.5 Å². The molecule has 5 rings (SSSR count). The maximum absolute atomic E-state index is 13.4. The molecule has 2 heterocycles. The van der Waals surface area contributed by atoms with Crippen LogP contribution in [0.25, 0.3) is 0 Å². The molecule has 2 aliphatic rings. The average Bonchev–Trinajstić information content (AvgIpc) is 3.54. The van der Waals surface area contributed by atoms with Crippen molar-refractivity contribution in [3.05, 3.63) is 71.4 Å². The molecule has 35 heavy (non-hydrogen) atoms. The SMILES string of the molecule is O=C(COc1ccc(F)c(F)c1)c1ccc2c(c1)N(Cc1nc(C(=O)NC3CC3)co1)C(=O)CO2. The summed E-state index contributed by atoms with van der Waals surface area (Å²) in [6, 6.07) is 7.64. The summed E-state index contributed by atoms with van der Waals surface area (Å²) < 4.78 is 42.5. The van der Waals surface area contributed by atoms with E-state index in [0.717, 1.165) is 25.0 Å². The predicted molar refractivity (Wildman–Crippen MR) is 116 cm³/mol. The van der Waals surface area contributed by atoms with Gasteiger partial charge in [-0.3, -0.25) is 19.3 Å². The Bertz CT molecular complexity index is 1320. The number of benzene rings is 2. The van der Waals surface area contributed by atoms with E-state index in [1.54, 1.807) is 6.07 Å². The average molecular weight is 483 g/mol. The van der Waals surface area contributed by atoms with E-state index >= 15 is 0 Å². The van der Waals surface area contributed by atoms with Crippen LogP contribution < -0.4 is 19.7 Å². The Morgan fingerprint density at radius 2 is 1.97 bits per heavy atom. The molecule has 0 spiro atoms. The molecule has 1 saturated carbocycles. The van der Waals surface area contributed by atoms with Gasteiger partial charge in [0.25, 0.3) is 11.8 Å². The summed E-state index contributed by atoms with van der Waals surface area (Å²) in [5, 5.41) is 2.81. The molecule has 1 fully saturated rings. The van der Waals surface area contributed by atoms with Crippen LogP contribution in [-0.4, -0.2) is 41.8 Å². The van der Waals surface area contributed by atoms with Crippen LogP contribution >= 0.6 is 0 Å². The molecular weight excluding hydrogens is 464 g/mol. The number of halogens is 2. The van der Waals surface area contributed by atoms with Crippen LogP contribution in [0.15, 0.2) is 47.1 Å². The number of carbonyl (C=O) groups is 3. The maximum Gasteiger partial charge on any atom is 0.273 e. The fraction of sp³-hybridized carbons (Fsp3) is 0.250. The van der Waals surface area contributed by atoms with Crippen molar-refractivity contribution < 1.29 is 37.1 Å². The number of oxazole rings is 1. The summed E-state index contributed by atoms with van der Waals surface area (Å²) in [4.78, 5) is 42.9. The monoisotopic (exact) mass is 483 g/mol. The highest BCUT2D eigenvalue weighted by Gasteiger charge is 2.29. The molecule has 3 aromatic rings. The third kappa shape index (κ3) is 4.98. The third-order valence-corrected chi connectivity index (χ3v) is 5.48. The summed E-state index contributed by atoms with van der Waals surface area (Å²) in [6.45, 7) is -0.720. The van der Waals surface area contributed by atoms with Crippen molar-refractivity contribution in [1.82, 2.24) is 10.3 Å². The number of ketones is 1. The first kappa shape index (κ1) is 22.5. The second-order valence-corrected chi connectivity index (χ2v) is 8.11. The topological polar surface area (TPSA) is 111 Å². The highest BCUT2D eigenvalue weighted by molar-refractivity contribution is 6.02. The van der Waals surface area contributed by atoms with E-state index in [0.29, 0.717) is 11.4 Å². The number of ether oxygens (including phenoxy) is 2. The summed E-state index contributed by atoms with van der Waals surface area (Å²) in [5.41, 5.74) is 0.653. The normalized spacial score (nSPS) is 14.8. The second kappa shape index (κ2) is 9.16.